The molecule has 1 heterocycles. The molecule has 0 bridgehead atoms. The van der Waals surface area contributed by atoms with Gasteiger partial charge in [0, 0.05) is 0 Å². The lowest BCUT2D eigenvalue weighted by molar-refractivity contribution is -0.0273. The van der Waals surface area contributed by atoms with E-state index >= 15 is 0 Å². The molecule has 0 spiro atoms. The van der Waals surface area contributed by atoms with Crippen LogP contribution >= 0.6 is 0 Å². The molecule has 4 atom stereocenters. The second-order valence-corrected chi connectivity index (χ2v) is 6.95. The Kier molecular flexibility index (Phi) is 2.03. The predicted molar refractivity (Wildman–Crippen MR) is 61.7 cm³/mol. The van der Waals surface area contributed by atoms with Crippen LogP contribution in [0.25, 0.3) is 0 Å². The monoisotopic (exact) mass is 208 g/mol. The lowest BCUT2D eigenvalue weighted by Crippen LogP contribution is -2.44. The molecule has 3 aliphatic rings. The SMILES string of the molecule is CC1(C)C[C@@H]2CCC[C@@H]3O[C@@]3(C)CC[C@H]21. The third-order valence-electron chi connectivity index (χ3n) is 5.39. The van der Waals surface area contributed by atoms with Crippen molar-refractivity contribution in [2.24, 2.45) is 17.3 Å². The van der Waals surface area contributed by atoms with Crippen LogP contribution in [-0.4, -0.2) is 11.7 Å². The van der Waals surface area contributed by atoms with E-state index in [-0.39, 0.29) is 5.60 Å². The third kappa shape index (κ3) is 1.54. The molecule has 2 saturated carbocycles. The second kappa shape index (κ2) is 3.00. The molecular formula is C14H24O. The maximum atomic E-state index is 5.86. The van der Waals surface area contributed by atoms with Gasteiger partial charge in [0.15, 0.2) is 0 Å². The molecule has 0 aromatic heterocycles. The molecule has 0 unspecified atom stereocenters. The van der Waals surface area contributed by atoms with Crippen LogP contribution in [0.5, 0.6) is 0 Å². The summed E-state index contributed by atoms with van der Waals surface area (Å²) < 4.78 is 5.86. The maximum absolute atomic E-state index is 5.86. The third-order valence-corrected chi connectivity index (χ3v) is 5.39. The fourth-order valence-corrected chi connectivity index (χ4v) is 4.26. The van der Waals surface area contributed by atoms with Crippen LogP contribution in [0.15, 0.2) is 0 Å². The summed E-state index contributed by atoms with van der Waals surface area (Å²) >= 11 is 0. The van der Waals surface area contributed by atoms with Gasteiger partial charge in [-0.3, -0.25) is 0 Å². The predicted octanol–water partition coefficient (Wildman–Crippen LogP) is 3.77. The Labute approximate surface area is 93.6 Å². The molecule has 0 N–H and O–H groups in total. The molecular weight excluding hydrogens is 184 g/mol. The van der Waals surface area contributed by atoms with Gasteiger partial charge in [0.05, 0.1) is 11.7 Å². The standard InChI is InChI=1S/C14H24O/c1-13(2)9-10-5-4-6-12-14(3,15-12)8-7-11(10)13/h10-12H,4-9H2,1-3H3/t10-,11+,12-,14-/m0/s1. The molecule has 3 rings (SSSR count). The highest BCUT2D eigenvalue weighted by Crippen LogP contribution is 2.57. The van der Waals surface area contributed by atoms with Crippen LogP contribution in [0, 0.1) is 17.3 Å². The van der Waals surface area contributed by atoms with E-state index in [4.69, 9.17) is 4.74 Å². The minimum atomic E-state index is 0.278. The van der Waals surface area contributed by atoms with Crippen molar-refractivity contribution in [1.82, 2.24) is 0 Å². The van der Waals surface area contributed by atoms with Crippen molar-refractivity contribution < 1.29 is 4.74 Å². The summed E-state index contributed by atoms with van der Waals surface area (Å²) in [5, 5.41) is 0. The van der Waals surface area contributed by atoms with Gasteiger partial charge >= 0.3 is 0 Å². The highest BCUT2D eigenvalue weighted by molar-refractivity contribution is 5.04. The lowest BCUT2D eigenvalue weighted by Gasteiger charge is -2.52. The Morgan fingerprint density at radius 1 is 1.07 bits per heavy atom. The molecule has 86 valence electrons. The first-order valence-corrected chi connectivity index (χ1v) is 6.69. The minimum Gasteiger partial charge on any atom is -0.366 e. The Balaban J connectivity index is 1.70. The van der Waals surface area contributed by atoms with Crippen molar-refractivity contribution in [2.45, 2.75) is 71.0 Å². The molecule has 1 saturated heterocycles. The quantitative estimate of drug-likeness (QED) is 0.552. The lowest BCUT2D eigenvalue weighted by atomic mass is 9.53. The largest absolute Gasteiger partial charge is 0.366 e. The van der Waals surface area contributed by atoms with Crippen LogP contribution in [0.1, 0.15) is 59.3 Å². The molecule has 1 aliphatic heterocycles. The molecule has 1 heteroatoms. The Hall–Kier alpha value is -0.0400. The summed E-state index contributed by atoms with van der Waals surface area (Å²) in [6, 6.07) is 0. The molecule has 3 fully saturated rings. The Morgan fingerprint density at radius 3 is 2.60 bits per heavy atom. The van der Waals surface area contributed by atoms with Gasteiger partial charge in [-0.05, 0) is 49.9 Å². The van der Waals surface area contributed by atoms with Crippen molar-refractivity contribution in [3.05, 3.63) is 0 Å². The van der Waals surface area contributed by atoms with Gasteiger partial charge < -0.3 is 4.74 Å². The zero-order valence-corrected chi connectivity index (χ0v) is 10.4. The first-order chi connectivity index (χ1) is 7.01. The van der Waals surface area contributed by atoms with E-state index in [0.29, 0.717) is 11.5 Å². The topological polar surface area (TPSA) is 12.5 Å². The number of hydrogen-bond acceptors (Lipinski definition) is 1. The first-order valence-electron chi connectivity index (χ1n) is 6.69. The van der Waals surface area contributed by atoms with E-state index in [1.54, 1.807) is 0 Å². The van der Waals surface area contributed by atoms with Gasteiger partial charge in [-0.2, -0.15) is 0 Å². The van der Waals surface area contributed by atoms with Gasteiger partial charge in [-0.25, -0.2) is 0 Å². The normalized spacial score (nSPS) is 52.6. The van der Waals surface area contributed by atoms with E-state index in [9.17, 15) is 0 Å². The highest BCUT2D eigenvalue weighted by Gasteiger charge is 2.55. The average Bonchev–Trinajstić information content (AvgIpc) is 2.74. The molecule has 0 aromatic rings. The van der Waals surface area contributed by atoms with E-state index in [1.165, 1.54) is 38.5 Å². The van der Waals surface area contributed by atoms with E-state index in [1.807, 2.05) is 0 Å². The molecule has 2 aliphatic carbocycles. The van der Waals surface area contributed by atoms with Gasteiger partial charge in [0.25, 0.3) is 0 Å². The van der Waals surface area contributed by atoms with Crippen molar-refractivity contribution in [2.75, 3.05) is 0 Å². The van der Waals surface area contributed by atoms with Crippen molar-refractivity contribution in [1.29, 1.82) is 0 Å². The van der Waals surface area contributed by atoms with Crippen LogP contribution in [-0.2, 0) is 4.74 Å². The smallest absolute Gasteiger partial charge is 0.0920 e. The highest BCUT2D eigenvalue weighted by atomic mass is 16.6. The average molecular weight is 208 g/mol. The van der Waals surface area contributed by atoms with Crippen LogP contribution in [0.4, 0.5) is 0 Å². The summed E-state index contributed by atoms with van der Waals surface area (Å²) in [5.41, 5.74) is 0.899. The van der Waals surface area contributed by atoms with E-state index < -0.39 is 0 Å². The zero-order valence-electron chi connectivity index (χ0n) is 10.4. The molecule has 1 nitrogen and oxygen atoms in total. The van der Waals surface area contributed by atoms with E-state index in [0.717, 1.165) is 11.8 Å². The number of epoxide rings is 1. The van der Waals surface area contributed by atoms with Crippen LogP contribution in [0.3, 0.4) is 0 Å². The molecule has 0 amide bonds. The number of rotatable bonds is 0. The summed E-state index contributed by atoms with van der Waals surface area (Å²) in [4.78, 5) is 0. The fourth-order valence-electron chi connectivity index (χ4n) is 4.26. The molecule has 15 heavy (non-hydrogen) atoms. The van der Waals surface area contributed by atoms with Gasteiger partial charge in [-0.15, -0.1) is 0 Å². The summed E-state index contributed by atoms with van der Waals surface area (Å²) in [6.07, 6.45) is 8.98. The summed E-state index contributed by atoms with van der Waals surface area (Å²) in [5.74, 6) is 2.03. The van der Waals surface area contributed by atoms with Crippen molar-refractivity contribution in [3.8, 4) is 0 Å². The number of hydrogen-bond donors (Lipinski definition) is 0. The van der Waals surface area contributed by atoms with Gasteiger partial charge in [0.1, 0.15) is 0 Å². The second-order valence-electron chi connectivity index (χ2n) is 6.95. The van der Waals surface area contributed by atoms with Crippen molar-refractivity contribution >= 4 is 0 Å². The van der Waals surface area contributed by atoms with Gasteiger partial charge in [0.2, 0.25) is 0 Å². The minimum absolute atomic E-state index is 0.278. The first kappa shape index (κ1) is 10.1. The fraction of sp³-hybridized carbons (Fsp3) is 1.00. The Morgan fingerprint density at radius 2 is 1.87 bits per heavy atom. The van der Waals surface area contributed by atoms with E-state index in [2.05, 4.69) is 20.8 Å². The summed E-state index contributed by atoms with van der Waals surface area (Å²) in [6.45, 7) is 7.24. The van der Waals surface area contributed by atoms with Crippen molar-refractivity contribution in [3.63, 3.8) is 0 Å². The van der Waals surface area contributed by atoms with Crippen LogP contribution < -0.4 is 0 Å². The zero-order chi connectivity index (χ0) is 10.7. The number of ether oxygens (including phenoxy) is 1. The summed E-state index contributed by atoms with van der Waals surface area (Å²) in [7, 11) is 0. The van der Waals surface area contributed by atoms with Gasteiger partial charge in [-0.1, -0.05) is 26.7 Å². The molecule has 0 aromatic carbocycles. The Bertz CT molecular complexity index is 271. The maximum Gasteiger partial charge on any atom is 0.0920 e. The number of fused-ring (bicyclic) bond motifs is 2. The van der Waals surface area contributed by atoms with Crippen LogP contribution in [0.2, 0.25) is 0 Å². The molecule has 0 radical (unpaired) electrons.